The third-order valence-electron chi connectivity index (χ3n) is 2.82. The molecular formula is C15H13F4NO. The molecule has 0 atom stereocenters. The van der Waals surface area contributed by atoms with Crippen LogP contribution in [0.4, 0.5) is 17.6 Å². The highest BCUT2D eigenvalue weighted by molar-refractivity contribution is 5.71. The lowest BCUT2D eigenvalue weighted by Gasteiger charge is -2.14. The molecule has 0 saturated heterocycles. The van der Waals surface area contributed by atoms with Gasteiger partial charge in [0.1, 0.15) is 11.6 Å². The Bertz CT molecular complexity index is 625. The van der Waals surface area contributed by atoms with Gasteiger partial charge in [0.15, 0.2) is 0 Å². The van der Waals surface area contributed by atoms with E-state index in [1.54, 1.807) is 13.1 Å². The number of rotatable bonds is 4. The van der Waals surface area contributed by atoms with Crippen molar-refractivity contribution in [3.05, 3.63) is 53.8 Å². The summed E-state index contributed by atoms with van der Waals surface area (Å²) in [6.45, 7) is 0.470. The van der Waals surface area contributed by atoms with Crippen LogP contribution in [0.5, 0.6) is 5.75 Å². The lowest BCUT2D eigenvalue weighted by atomic mass is 10.0. The van der Waals surface area contributed by atoms with Crippen LogP contribution in [0.15, 0.2) is 42.5 Å². The van der Waals surface area contributed by atoms with Crippen molar-refractivity contribution in [2.45, 2.75) is 12.9 Å². The molecule has 0 bridgehead atoms. The molecule has 2 nitrogen and oxygen atoms in total. The first-order valence-electron chi connectivity index (χ1n) is 6.19. The number of alkyl halides is 3. The van der Waals surface area contributed by atoms with Crippen LogP contribution in [0.1, 0.15) is 5.56 Å². The van der Waals surface area contributed by atoms with Crippen LogP contribution in [-0.4, -0.2) is 13.4 Å². The number of nitrogens with one attached hydrogen (secondary N) is 1. The lowest BCUT2D eigenvalue weighted by molar-refractivity contribution is -0.274. The molecule has 0 aromatic heterocycles. The number of halogens is 4. The highest BCUT2D eigenvalue weighted by Crippen LogP contribution is 2.35. The molecule has 0 amide bonds. The van der Waals surface area contributed by atoms with Gasteiger partial charge in [-0.25, -0.2) is 4.39 Å². The van der Waals surface area contributed by atoms with E-state index in [0.717, 1.165) is 6.07 Å². The van der Waals surface area contributed by atoms with E-state index in [1.165, 1.54) is 30.3 Å². The van der Waals surface area contributed by atoms with Crippen molar-refractivity contribution < 1.29 is 22.3 Å². The SMILES string of the molecule is CNCc1ccc(-c2ccccc2OC(F)(F)F)c(F)c1. The molecule has 0 saturated carbocycles. The normalized spacial score (nSPS) is 11.5. The molecule has 6 heteroatoms. The monoisotopic (exact) mass is 299 g/mol. The van der Waals surface area contributed by atoms with Crippen molar-refractivity contribution in [1.82, 2.24) is 5.32 Å². The molecule has 0 aliphatic heterocycles. The predicted octanol–water partition coefficient (Wildman–Crippen LogP) is 4.11. The second-order valence-electron chi connectivity index (χ2n) is 4.39. The number of hydrogen-bond acceptors (Lipinski definition) is 2. The van der Waals surface area contributed by atoms with E-state index in [2.05, 4.69) is 10.1 Å². The fourth-order valence-corrected chi connectivity index (χ4v) is 1.99. The highest BCUT2D eigenvalue weighted by atomic mass is 19.4. The van der Waals surface area contributed by atoms with Crippen molar-refractivity contribution in [2.75, 3.05) is 7.05 Å². The molecule has 0 unspecified atom stereocenters. The summed E-state index contributed by atoms with van der Waals surface area (Å²) in [4.78, 5) is 0. The van der Waals surface area contributed by atoms with Gasteiger partial charge in [0.25, 0.3) is 0 Å². The summed E-state index contributed by atoms with van der Waals surface area (Å²) in [7, 11) is 1.72. The summed E-state index contributed by atoms with van der Waals surface area (Å²) in [6, 6.07) is 9.86. The van der Waals surface area contributed by atoms with E-state index in [4.69, 9.17) is 0 Å². The van der Waals surface area contributed by atoms with E-state index in [-0.39, 0.29) is 11.1 Å². The highest BCUT2D eigenvalue weighted by Gasteiger charge is 2.32. The Hall–Kier alpha value is -2.08. The summed E-state index contributed by atoms with van der Waals surface area (Å²) in [5.41, 5.74) is 0.825. The van der Waals surface area contributed by atoms with Gasteiger partial charge >= 0.3 is 6.36 Å². The quantitative estimate of drug-likeness (QED) is 0.858. The van der Waals surface area contributed by atoms with Crippen molar-refractivity contribution in [2.24, 2.45) is 0 Å². The Morgan fingerprint density at radius 1 is 1.05 bits per heavy atom. The second kappa shape index (κ2) is 6.13. The Kier molecular flexibility index (Phi) is 4.47. The van der Waals surface area contributed by atoms with E-state index in [0.29, 0.717) is 12.1 Å². The van der Waals surface area contributed by atoms with Gasteiger partial charge in [0.05, 0.1) is 0 Å². The second-order valence-corrected chi connectivity index (χ2v) is 4.39. The van der Waals surface area contributed by atoms with Gasteiger partial charge in [-0.2, -0.15) is 0 Å². The van der Waals surface area contributed by atoms with Gasteiger partial charge in [0, 0.05) is 17.7 Å². The Morgan fingerprint density at radius 2 is 1.76 bits per heavy atom. The van der Waals surface area contributed by atoms with Gasteiger partial charge in [-0.15, -0.1) is 13.2 Å². The van der Waals surface area contributed by atoms with Crippen LogP contribution in [-0.2, 0) is 6.54 Å². The third-order valence-corrected chi connectivity index (χ3v) is 2.82. The van der Waals surface area contributed by atoms with Crippen LogP contribution < -0.4 is 10.1 Å². The average Bonchev–Trinajstić information content (AvgIpc) is 2.39. The molecule has 112 valence electrons. The first-order chi connectivity index (χ1) is 9.90. The van der Waals surface area contributed by atoms with Gasteiger partial charge < -0.3 is 10.1 Å². The topological polar surface area (TPSA) is 21.3 Å². The number of para-hydroxylation sites is 1. The maximum Gasteiger partial charge on any atom is 0.573 e. The molecule has 0 aliphatic carbocycles. The predicted molar refractivity (Wildman–Crippen MR) is 71.3 cm³/mol. The summed E-state index contributed by atoms with van der Waals surface area (Å²) >= 11 is 0. The van der Waals surface area contributed by atoms with Crippen LogP contribution >= 0.6 is 0 Å². The minimum atomic E-state index is -4.82. The van der Waals surface area contributed by atoms with Crippen molar-refractivity contribution in [3.63, 3.8) is 0 Å². The van der Waals surface area contributed by atoms with Crippen LogP contribution in [0.25, 0.3) is 11.1 Å². The smallest absolute Gasteiger partial charge is 0.405 e. The van der Waals surface area contributed by atoms with Crippen molar-refractivity contribution >= 4 is 0 Å². The maximum atomic E-state index is 14.1. The van der Waals surface area contributed by atoms with E-state index in [1.807, 2.05) is 0 Å². The zero-order valence-electron chi connectivity index (χ0n) is 11.2. The molecule has 0 heterocycles. The zero-order chi connectivity index (χ0) is 15.5. The minimum Gasteiger partial charge on any atom is -0.405 e. The molecule has 0 fully saturated rings. The molecule has 0 aliphatic rings. The Morgan fingerprint density at radius 3 is 2.38 bits per heavy atom. The molecule has 1 N–H and O–H groups in total. The molecule has 2 aromatic rings. The summed E-state index contributed by atoms with van der Waals surface area (Å²) < 4.78 is 55.2. The van der Waals surface area contributed by atoms with Gasteiger partial charge in [0.2, 0.25) is 0 Å². The molecule has 2 aromatic carbocycles. The largest absolute Gasteiger partial charge is 0.573 e. The van der Waals surface area contributed by atoms with E-state index >= 15 is 0 Å². The fraction of sp³-hybridized carbons (Fsp3) is 0.200. The lowest BCUT2D eigenvalue weighted by Crippen LogP contribution is -2.17. The fourth-order valence-electron chi connectivity index (χ4n) is 1.99. The zero-order valence-corrected chi connectivity index (χ0v) is 11.2. The summed E-state index contributed by atoms with van der Waals surface area (Å²) in [5, 5.41) is 2.87. The number of benzene rings is 2. The van der Waals surface area contributed by atoms with Gasteiger partial charge in [-0.3, -0.25) is 0 Å². The first-order valence-corrected chi connectivity index (χ1v) is 6.19. The van der Waals surface area contributed by atoms with E-state index < -0.39 is 17.9 Å². The van der Waals surface area contributed by atoms with Crippen molar-refractivity contribution in [1.29, 1.82) is 0 Å². The third kappa shape index (κ3) is 3.95. The van der Waals surface area contributed by atoms with Crippen LogP contribution in [0.2, 0.25) is 0 Å². The molecule has 0 spiro atoms. The molecule has 21 heavy (non-hydrogen) atoms. The van der Waals surface area contributed by atoms with Gasteiger partial charge in [-0.05, 0) is 24.7 Å². The Balaban J connectivity index is 2.42. The first kappa shape index (κ1) is 15.3. The summed E-state index contributed by atoms with van der Waals surface area (Å²) in [5.74, 6) is -1.02. The minimum absolute atomic E-state index is 0.0586. The van der Waals surface area contributed by atoms with Gasteiger partial charge in [-0.1, -0.05) is 30.3 Å². The molecule has 2 rings (SSSR count). The average molecular weight is 299 g/mol. The number of hydrogen-bond donors (Lipinski definition) is 1. The summed E-state index contributed by atoms with van der Waals surface area (Å²) in [6.07, 6.45) is -4.82. The van der Waals surface area contributed by atoms with Crippen LogP contribution in [0.3, 0.4) is 0 Å². The van der Waals surface area contributed by atoms with Crippen LogP contribution in [0, 0.1) is 5.82 Å². The standard InChI is InChI=1S/C15H13F4NO/c1-20-9-10-6-7-11(13(16)8-10)12-4-2-3-5-14(12)21-15(17,18)19/h2-8,20H,9H2,1H3. The molecular weight excluding hydrogens is 286 g/mol. The van der Waals surface area contributed by atoms with Crippen molar-refractivity contribution in [3.8, 4) is 16.9 Å². The van der Waals surface area contributed by atoms with E-state index in [9.17, 15) is 17.6 Å². The number of ether oxygens (including phenoxy) is 1. The molecule has 0 radical (unpaired) electrons. The Labute approximate surface area is 119 Å². The maximum absolute atomic E-state index is 14.1.